The fourth-order valence-corrected chi connectivity index (χ4v) is 3.23. The van der Waals surface area contributed by atoms with Crippen LogP contribution in [0.15, 0.2) is 30.3 Å². The molecule has 2 aromatic rings. The predicted octanol–water partition coefficient (Wildman–Crippen LogP) is 5.99. The normalized spacial score (nSPS) is 12.8. The molecule has 1 heterocycles. The quantitative estimate of drug-likeness (QED) is 0.427. The van der Waals surface area contributed by atoms with E-state index in [2.05, 4.69) is 22.6 Å². The highest BCUT2D eigenvalue weighted by molar-refractivity contribution is 14.1. The van der Waals surface area contributed by atoms with Crippen LogP contribution >= 0.6 is 68.7 Å². The first-order chi connectivity index (χ1) is 7.58. The molecule has 0 bridgehead atoms. The van der Waals surface area contributed by atoms with E-state index in [-0.39, 0.29) is 5.38 Å². The summed E-state index contributed by atoms with van der Waals surface area (Å²) in [6, 6.07) is 9.64. The van der Waals surface area contributed by atoms with E-state index in [1.54, 1.807) is 0 Å². The van der Waals surface area contributed by atoms with Gasteiger partial charge in [0.15, 0.2) is 0 Å². The summed E-state index contributed by atoms with van der Waals surface area (Å²) in [5.41, 5.74) is 0.991. The lowest BCUT2D eigenvalue weighted by molar-refractivity contribution is 1.18. The molecular weight excluding hydrogens is 397 g/mol. The molecule has 5 heteroatoms. The first kappa shape index (κ1) is 13.0. The Morgan fingerprint density at radius 2 is 1.88 bits per heavy atom. The van der Waals surface area contributed by atoms with Crippen LogP contribution in [0.2, 0.25) is 9.36 Å². The summed E-state index contributed by atoms with van der Waals surface area (Å²) in [6.07, 6.45) is 0. The minimum Gasteiger partial charge on any atom is -0.127 e. The van der Waals surface area contributed by atoms with Crippen molar-refractivity contribution < 1.29 is 0 Å². The largest absolute Gasteiger partial charge is 0.127 e. The molecule has 0 N–H and O–H groups in total. The molecule has 0 radical (unpaired) electrons. The van der Waals surface area contributed by atoms with Gasteiger partial charge in [0.05, 0.1) is 14.7 Å². The van der Waals surface area contributed by atoms with Gasteiger partial charge in [0.2, 0.25) is 0 Å². The van der Waals surface area contributed by atoms with Gasteiger partial charge in [-0.1, -0.05) is 29.3 Å². The first-order valence-electron chi connectivity index (χ1n) is 4.42. The maximum absolute atomic E-state index is 6.36. The highest BCUT2D eigenvalue weighted by atomic mass is 127. The second-order valence-corrected chi connectivity index (χ2v) is 6.93. The van der Waals surface area contributed by atoms with Gasteiger partial charge in [0.1, 0.15) is 0 Å². The van der Waals surface area contributed by atoms with Gasteiger partial charge in [-0.25, -0.2) is 0 Å². The third-order valence-electron chi connectivity index (χ3n) is 2.08. The van der Waals surface area contributed by atoms with Crippen LogP contribution in [0.25, 0.3) is 0 Å². The first-order valence-corrected chi connectivity index (χ1v) is 7.51. The van der Waals surface area contributed by atoms with E-state index in [9.17, 15) is 0 Å². The molecule has 0 aliphatic carbocycles. The smallest absolute Gasteiger partial charge is 0.0931 e. The molecule has 1 atom stereocenters. The van der Waals surface area contributed by atoms with Crippen LogP contribution in [0, 0.1) is 3.57 Å². The Kier molecular flexibility index (Phi) is 4.41. The number of hydrogen-bond donors (Lipinski definition) is 0. The van der Waals surface area contributed by atoms with Crippen LogP contribution < -0.4 is 0 Å². The Labute approximate surface area is 127 Å². The van der Waals surface area contributed by atoms with E-state index in [4.69, 9.17) is 34.8 Å². The van der Waals surface area contributed by atoms with Gasteiger partial charge in [0, 0.05) is 8.45 Å². The van der Waals surface area contributed by atoms with Crippen molar-refractivity contribution in [1.82, 2.24) is 0 Å². The van der Waals surface area contributed by atoms with Crippen molar-refractivity contribution in [1.29, 1.82) is 0 Å². The van der Waals surface area contributed by atoms with E-state index in [0.717, 1.165) is 23.4 Å². The minimum atomic E-state index is -0.188. The number of rotatable bonds is 2. The zero-order valence-electron chi connectivity index (χ0n) is 7.88. The molecule has 0 amide bonds. The standard InChI is InChI=1S/C11H6Cl3IS/c12-7-5-6(1-2-8(7)15)11(14)9-3-4-10(13)16-9/h1-5,11H. The fraction of sp³-hybridized carbons (Fsp3) is 0.0909. The van der Waals surface area contributed by atoms with Gasteiger partial charge < -0.3 is 0 Å². The Bertz CT molecular complexity index is 510. The van der Waals surface area contributed by atoms with Gasteiger partial charge >= 0.3 is 0 Å². The minimum absolute atomic E-state index is 0.188. The van der Waals surface area contributed by atoms with Gasteiger partial charge in [-0.2, -0.15) is 0 Å². The van der Waals surface area contributed by atoms with Crippen molar-refractivity contribution in [3.05, 3.63) is 53.7 Å². The molecule has 84 valence electrons. The van der Waals surface area contributed by atoms with Crippen LogP contribution in [0.1, 0.15) is 15.8 Å². The summed E-state index contributed by atoms with van der Waals surface area (Å²) >= 11 is 22.0. The van der Waals surface area contributed by atoms with E-state index >= 15 is 0 Å². The molecule has 16 heavy (non-hydrogen) atoms. The number of hydrogen-bond acceptors (Lipinski definition) is 1. The number of alkyl halides is 1. The van der Waals surface area contributed by atoms with Crippen LogP contribution in [-0.2, 0) is 0 Å². The molecule has 1 aromatic heterocycles. The molecule has 1 aromatic carbocycles. The Hall–Kier alpha value is 0.520. The molecule has 0 spiro atoms. The van der Waals surface area contributed by atoms with Crippen LogP contribution in [0.5, 0.6) is 0 Å². The number of thiophene rings is 1. The highest BCUT2D eigenvalue weighted by Gasteiger charge is 2.14. The summed E-state index contributed by atoms with van der Waals surface area (Å²) in [5.74, 6) is 0. The second kappa shape index (κ2) is 5.44. The van der Waals surface area contributed by atoms with Gasteiger partial charge in [0.25, 0.3) is 0 Å². The highest BCUT2D eigenvalue weighted by Crippen LogP contribution is 2.36. The molecule has 0 fully saturated rings. The molecule has 1 unspecified atom stereocenters. The summed E-state index contributed by atoms with van der Waals surface area (Å²) in [7, 11) is 0. The van der Waals surface area contributed by atoms with Crippen molar-refractivity contribution in [3.63, 3.8) is 0 Å². The number of halogens is 4. The van der Waals surface area contributed by atoms with Gasteiger partial charge in [-0.05, 0) is 52.4 Å². The Balaban J connectivity index is 2.33. The van der Waals surface area contributed by atoms with E-state index < -0.39 is 0 Å². The fourth-order valence-electron chi connectivity index (χ4n) is 1.30. The topological polar surface area (TPSA) is 0 Å². The van der Waals surface area contributed by atoms with Crippen molar-refractivity contribution >= 4 is 68.7 Å². The molecule has 0 aliphatic rings. The molecule has 0 saturated carbocycles. The molecule has 0 nitrogen and oxygen atoms in total. The third kappa shape index (κ3) is 2.85. The van der Waals surface area contributed by atoms with Gasteiger partial charge in [-0.3, -0.25) is 0 Å². The van der Waals surface area contributed by atoms with Gasteiger partial charge in [-0.15, -0.1) is 22.9 Å². The molecule has 0 saturated heterocycles. The van der Waals surface area contributed by atoms with Crippen LogP contribution in [0.4, 0.5) is 0 Å². The average molecular weight is 403 g/mol. The molecule has 0 aliphatic heterocycles. The van der Waals surface area contributed by atoms with Crippen molar-refractivity contribution in [2.24, 2.45) is 0 Å². The zero-order valence-corrected chi connectivity index (χ0v) is 13.1. The van der Waals surface area contributed by atoms with E-state index in [0.29, 0.717) is 0 Å². The summed E-state index contributed by atoms with van der Waals surface area (Å²) in [5, 5.41) is 0.540. The maximum atomic E-state index is 6.36. The van der Waals surface area contributed by atoms with Crippen molar-refractivity contribution in [2.75, 3.05) is 0 Å². The lowest BCUT2D eigenvalue weighted by Gasteiger charge is -2.08. The van der Waals surface area contributed by atoms with E-state index in [1.165, 1.54) is 11.3 Å². The summed E-state index contributed by atoms with van der Waals surface area (Å²) in [6.45, 7) is 0. The summed E-state index contributed by atoms with van der Waals surface area (Å²) < 4.78 is 1.77. The van der Waals surface area contributed by atoms with Crippen molar-refractivity contribution in [3.8, 4) is 0 Å². The monoisotopic (exact) mass is 402 g/mol. The van der Waals surface area contributed by atoms with Crippen LogP contribution in [0.3, 0.4) is 0 Å². The third-order valence-corrected chi connectivity index (χ3v) is 5.56. The second-order valence-electron chi connectivity index (χ2n) is 3.18. The lowest BCUT2D eigenvalue weighted by Crippen LogP contribution is -1.90. The lowest BCUT2D eigenvalue weighted by atomic mass is 10.1. The number of benzene rings is 1. The summed E-state index contributed by atoms with van der Waals surface area (Å²) in [4.78, 5) is 1.03. The van der Waals surface area contributed by atoms with Crippen molar-refractivity contribution in [2.45, 2.75) is 5.38 Å². The van der Waals surface area contributed by atoms with E-state index in [1.807, 2.05) is 30.3 Å². The molecular formula is C11H6Cl3IS. The Morgan fingerprint density at radius 3 is 2.44 bits per heavy atom. The maximum Gasteiger partial charge on any atom is 0.0931 e. The van der Waals surface area contributed by atoms with Crippen LogP contribution in [-0.4, -0.2) is 0 Å². The SMILES string of the molecule is Clc1ccc(C(Cl)c2ccc(I)c(Cl)c2)s1. The Morgan fingerprint density at radius 1 is 1.12 bits per heavy atom. The average Bonchev–Trinajstić information content (AvgIpc) is 2.68. The predicted molar refractivity (Wildman–Crippen MR) is 81.2 cm³/mol. The molecule has 2 rings (SSSR count). The zero-order chi connectivity index (χ0) is 11.7.